The highest BCUT2D eigenvalue weighted by Crippen LogP contribution is 2.31. The van der Waals surface area contributed by atoms with E-state index in [0.717, 1.165) is 42.1 Å². The molecule has 2 aliphatic rings. The van der Waals surface area contributed by atoms with E-state index in [1.165, 1.54) is 0 Å². The lowest BCUT2D eigenvalue weighted by Gasteiger charge is -2.34. The van der Waals surface area contributed by atoms with E-state index in [-0.39, 0.29) is 17.9 Å². The number of aromatic nitrogens is 2. The molecule has 1 aromatic heterocycles. The second-order valence-corrected chi connectivity index (χ2v) is 11.7. The fraction of sp³-hybridized carbons (Fsp3) is 0.455. The van der Waals surface area contributed by atoms with Crippen LogP contribution >= 0.6 is 0 Å². The van der Waals surface area contributed by atoms with Gasteiger partial charge in [0.25, 0.3) is 0 Å². The van der Waals surface area contributed by atoms with Gasteiger partial charge in [-0.1, -0.05) is 24.3 Å². The van der Waals surface area contributed by atoms with Crippen molar-refractivity contribution in [1.82, 2.24) is 9.97 Å². The van der Waals surface area contributed by atoms with Gasteiger partial charge in [-0.25, -0.2) is 4.98 Å². The third-order valence-electron chi connectivity index (χ3n) is 8.37. The maximum Gasteiger partial charge on any atom is 0.306 e. The first kappa shape index (κ1) is 30.1. The predicted molar refractivity (Wildman–Crippen MR) is 166 cm³/mol. The van der Waals surface area contributed by atoms with Crippen LogP contribution in [0.5, 0.6) is 11.5 Å². The lowest BCUT2D eigenvalue weighted by Crippen LogP contribution is -2.42. The number of amides is 1. The molecule has 2 aromatic carbocycles. The first-order chi connectivity index (χ1) is 20.7. The Hall–Kier alpha value is -4.34. The summed E-state index contributed by atoms with van der Waals surface area (Å²) in [6, 6.07) is 15.7. The molecule has 228 valence electrons. The fourth-order valence-electron chi connectivity index (χ4n) is 5.69. The number of piperidine rings is 2. The summed E-state index contributed by atoms with van der Waals surface area (Å²) in [5.41, 5.74) is 1.10. The predicted octanol–water partition coefficient (Wildman–Crippen LogP) is 5.14. The van der Waals surface area contributed by atoms with Gasteiger partial charge in [-0.2, -0.15) is 0 Å². The monoisotopic (exact) mass is 587 g/mol. The average molecular weight is 588 g/mol. The Labute approximate surface area is 253 Å². The van der Waals surface area contributed by atoms with E-state index in [4.69, 9.17) is 14.5 Å². The van der Waals surface area contributed by atoms with Crippen LogP contribution in [0.4, 0.5) is 17.3 Å². The largest absolute Gasteiger partial charge is 0.490 e. The molecule has 0 aliphatic carbocycles. The van der Waals surface area contributed by atoms with Crippen LogP contribution in [-0.2, 0) is 15.0 Å². The summed E-state index contributed by atoms with van der Waals surface area (Å²) in [5.74, 6) is 1.40. The quantitative estimate of drug-likeness (QED) is 0.333. The van der Waals surface area contributed by atoms with Gasteiger partial charge in [0.2, 0.25) is 5.91 Å². The molecule has 1 atom stereocenters. The number of carbonyl (C=O) groups excluding carboxylic acids is 1. The normalized spacial score (nSPS) is 17.8. The van der Waals surface area contributed by atoms with Crippen LogP contribution in [0.1, 0.15) is 52.0 Å². The summed E-state index contributed by atoms with van der Waals surface area (Å²) >= 11 is 0. The Balaban J connectivity index is 1.20. The SMILES string of the molecule is CCOc1ccccc1OC1CCCN(c2cncc(NC(=O)C(C)(C)c3ccc(N4CCC(C(=O)O)CC4)cc3)n2)C1. The van der Waals surface area contributed by atoms with Gasteiger partial charge in [0.1, 0.15) is 11.9 Å². The molecule has 43 heavy (non-hydrogen) atoms. The highest BCUT2D eigenvalue weighted by molar-refractivity contribution is 5.98. The van der Waals surface area contributed by atoms with Crippen LogP contribution in [0.2, 0.25) is 0 Å². The molecular weight excluding hydrogens is 546 g/mol. The molecular formula is C33H41N5O5. The zero-order chi connectivity index (χ0) is 30.4. The van der Waals surface area contributed by atoms with Crippen molar-refractivity contribution in [2.45, 2.75) is 58.0 Å². The summed E-state index contributed by atoms with van der Waals surface area (Å²) in [6.07, 6.45) is 6.40. The van der Waals surface area contributed by atoms with Crippen molar-refractivity contribution in [3.8, 4) is 11.5 Å². The van der Waals surface area contributed by atoms with Crippen LogP contribution in [-0.4, -0.2) is 65.8 Å². The van der Waals surface area contributed by atoms with Gasteiger partial charge in [0.15, 0.2) is 17.3 Å². The molecule has 1 unspecified atom stereocenters. The number of rotatable bonds is 10. The van der Waals surface area contributed by atoms with Crippen LogP contribution in [0.3, 0.4) is 0 Å². The number of para-hydroxylation sites is 2. The van der Waals surface area contributed by atoms with E-state index < -0.39 is 11.4 Å². The number of nitrogens with zero attached hydrogens (tertiary/aromatic N) is 4. The topological polar surface area (TPSA) is 117 Å². The second-order valence-electron chi connectivity index (χ2n) is 11.7. The van der Waals surface area contributed by atoms with E-state index in [9.17, 15) is 14.7 Å². The molecule has 0 radical (unpaired) electrons. The van der Waals surface area contributed by atoms with Crippen molar-refractivity contribution in [3.63, 3.8) is 0 Å². The van der Waals surface area contributed by atoms with Gasteiger partial charge in [0, 0.05) is 25.3 Å². The summed E-state index contributed by atoms with van der Waals surface area (Å²) < 4.78 is 12.1. The highest BCUT2D eigenvalue weighted by Gasteiger charge is 2.31. The molecule has 0 bridgehead atoms. The van der Waals surface area contributed by atoms with Crippen molar-refractivity contribution in [1.29, 1.82) is 0 Å². The minimum Gasteiger partial charge on any atom is -0.490 e. The molecule has 0 spiro atoms. The maximum absolute atomic E-state index is 13.5. The lowest BCUT2D eigenvalue weighted by molar-refractivity contribution is -0.142. The summed E-state index contributed by atoms with van der Waals surface area (Å²) in [4.78, 5) is 38.2. The molecule has 0 saturated carbocycles. The van der Waals surface area contributed by atoms with Gasteiger partial charge >= 0.3 is 5.97 Å². The first-order valence-electron chi connectivity index (χ1n) is 15.1. The minimum absolute atomic E-state index is 0.0270. The van der Waals surface area contributed by atoms with Crippen LogP contribution in [0, 0.1) is 5.92 Å². The molecule has 10 heteroatoms. The van der Waals surface area contributed by atoms with E-state index in [0.29, 0.717) is 50.7 Å². The number of nitrogens with one attached hydrogen (secondary N) is 1. The summed E-state index contributed by atoms with van der Waals surface area (Å²) in [6.45, 7) is 9.20. The zero-order valence-corrected chi connectivity index (χ0v) is 25.2. The van der Waals surface area contributed by atoms with Crippen LogP contribution < -0.4 is 24.6 Å². The molecule has 2 saturated heterocycles. The van der Waals surface area contributed by atoms with Gasteiger partial charge in [-0.3, -0.25) is 14.6 Å². The number of aliphatic carboxylic acids is 1. The zero-order valence-electron chi connectivity index (χ0n) is 25.2. The second kappa shape index (κ2) is 13.3. The average Bonchev–Trinajstić information content (AvgIpc) is 3.02. The van der Waals surface area contributed by atoms with Crippen LogP contribution in [0.15, 0.2) is 60.9 Å². The van der Waals surface area contributed by atoms with E-state index >= 15 is 0 Å². The van der Waals surface area contributed by atoms with Crippen molar-refractivity contribution >= 4 is 29.2 Å². The minimum atomic E-state index is -0.815. The fourth-order valence-corrected chi connectivity index (χ4v) is 5.69. The molecule has 5 rings (SSSR count). The van der Waals surface area contributed by atoms with Gasteiger partial charge in [-0.15, -0.1) is 0 Å². The number of anilines is 3. The van der Waals surface area contributed by atoms with Gasteiger partial charge in [0.05, 0.1) is 36.9 Å². The Morgan fingerprint density at radius 3 is 2.40 bits per heavy atom. The van der Waals surface area contributed by atoms with Crippen molar-refractivity contribution in [2.75, 3.05) is 47.9 Å². The van der Waals surface area contributed by atoms with E-state index in [1.807, 2.05) is 69.3 Å². The molecule has 2 N–H and O–H groups in total. The maximum atomic E-state index is 13.5. The van der Waals surface area contributed by atoms with E-state index in [1.54, 1.807) is 12.4 Å². The van der Waals surface area contributed by atoms with Crippen molar-refractivity contribution < 1.29 is 24.2 Å². The number of ether oxygens (including phenoxy) is 2. The van der Waals surface area contributed by atoms with Crippen LogP contribution in [0.25, 0.3) is 0 Å². The Morgan fingerprint density at radius 1 is 0.977 bits per heavy atom. The molecule has 2 fully saturated rings. The number of carbonyl (C=O) groups is 2. The number of hydrogen-bond acceptors (Lipinski definition) is 8. The summed E-state index contributed by atoms with van der Waals surface area (Å²) in [7, 11) is 0. The smallest absolute Gasteiger partial charge is 0.306 e. The highest BCUT2D eigenvalue weighted by atomic mass is 16.5. The van der Waals surface area contributed by atoms with Crippen molar-refractivity contribution in [3.05, 3.63) is 66.5 Å². The lowest BCUT2D eigenvalue weighted by atomic mass is 9.83. The molecule has 10 nitrogen and oxygen atoms in total. The number of benzene rings is 2. The van der Waals surface area contributed by atoms with E-state index in [2.05, 4.69) is 20.1 Å². The number of carboxylic acids is 1. The third kappa shape index (κ3) is 7.18. The Kier molecular flexibility index (Phi) is 9.33. The first-order valence-corrected chi connectivity index (χ1v) is 15.1. The molecule has 3 aromatic rings. The summed E-state index contributed by atoms with van der Waals surface area (Å²) in [5, 5.41) is 12.2. The molecule has 3 heterocycles. The number of carboxylic acid groups (broad SMARTS) is 1. The molecule has 1 amide bonds. The third-order valence-corrected chi connectivity index (χ3v) is 8.37. The van der Waals surface area contributed by atoms with Crippen molar-refractivity contribution in [2.24, 2.45) is 5.92 Å². The Bertz CT molecular complexity index is 1400. The molecule has 2 aliphatic heterocycles. The standard InChI is InChI=1S/C33H41N5O5/c1-4-42-27-9-5-6-10-28(27)43-26-8-7-17-38(22-26)30-21-34-20-29(35-30)36-32(41)33(2,3)24-11-13-25(14-12-24)37-18-15-23(16-19-37)31(39)40/h5-6,9-14,20-21,23,26H,4,7-8,15-19,22H2,1-3H3,(H,39,40)(H,35,36,41). The van der Waals surface area contributed by atoms with Gasteiger partial charge in [-0.05, 0) is 76.3 Å². The number of hydrogen-bond donors (Lipinski definition) is 2. The van der Waals surface area contributed by atoms with Gasteiger partial charge < -0.3 is 29.7 Å². The Morgan fingerprint density at radius 2 is 1.70 bits per heavy atom.